The van der Waals surface area contributed by atoms with E-state index in [0.29, 0.717) is 18.2 Å². The number of ether oxygens (including phenoxy) is 1. The molecule has 37 heavy (non-hydrogen) atoms. The van der Waals surface area contributed by atoms with Crippen molar-refractivity contribution in [2.45, 2.75) is 19.4 Å². The molecule has 10 nitrogen and oxygen atoms in total. The molecule has 11 heteroatoms. The summed E-state index contributed by atoms with van der Waals surface area (Å²) in [6, 6.07) is 10.1. The minimum Gasteiger partial charge on any atom is -0.382 e. The second kappa shape index (κ2) is 12.4. The Hall–Kier alpha value is -3.86. The molecular weight excluding hydrogens is 492 g/mol. The summed E-state index contributed by atoms with van der Waals surface area (Å²) < 4.78 is 10.8. The van der Waals surface area contributed by atoms with Crippen molar-refractivity contribution in [2.24, 2.45) is 0 Å². The standard InChI is InChI=1S/C26H29ClN8O2/c27-21-7-18(8-22(11-21)34-23-14-30-31-15-23)12-28-3-1-2-5-36-6-4-29-25-9-19(20-13-33-37-17-20)10-26-24(25)16-32-35-26/h7-11,13-17,28-29,34H,1-6,12H2,(H,30,31)(H,32,35). The van der Waals surface area contributed by atoms with Crippen LogP contribution in [0.15, 0.2) is 65.9 Å². The van der Waals surface area contributed by atoms with Crippen LogP contribution in [0.25, 0.3) is 22.0 Å². The first-order chi connectivity index (χ1) is 18.2. The number of benzene rings is 2. The van der Waals surface area contributed by atoms with Crippen molar-refractivity contribution in [3.05, 3.63) is 72.0 Å². The van der Waals surface area contributed by atoms with E-state index in [0.717, 1.165) is 77.2 Å². The van der Waals surface area contributed by atoms with Crippen molar-refractivity contribution in [1.82, 2.24) is 30.9 Å². The van der Waals surface area contributed by atoms with E-state index in [2.05, 4.69) is 53.6 Å². The van der Waals surface area contributed by atoms with Gasteiger partial charge < -0.3 is 25.2 Å². The van der Waals surface area contributed by atoms with Crippen LogP contribution in [-0.2, 0) is 11.3 Å². The van der Waals surface area contributed by atoms with Gasteiger partial charge in [0, 0.05) is 53.2 Å². The number of aromatic amines is 2. The van der Waals surface area contributed by atoms with Gasteiger partial charge in [-0.15, -0.1) is 0 Å². The number of anilines is 3. The number of fused-ring (bicyclic) bond motifs is 1. The molecule has 0 saturated carbocycles. The van der Waals surface area contributed by atoms with Gasteiger partial charge in [0.05, 0.1) is 36.4 Å². The monoisotopic (exact) mass is 520 g/mol. The van der Waals surface area contributed by atoms with Crippen LogP contribution in [-0.4, -0.2) is 51.9 Å². The average molecular weight is 521 g/mol. The Labute approximate surface area is 219 Å². The Kier molecular flexibility index (Phi) is 8.32. The minimum absolute atomic E-state index is 0.624. The fourth-order valence-electron chi connectivity index (χ4n) is 4.07. The fourth-order valence-corrected chi connectivity index (χ4v) is 4.33. The molecule has 0 saturated heterocycles. The number of hydrogen-bond acceptors (Lipinski definition) is 8. The molecule has 0 amide bonds. The van der Waals surface area contributed by atoms with Crippen LogP contribution in [0.4, 0.5) is 17.1 Å². The molecule has 0 aliphatic carbocycles. The molecule has 3 heterocycles. The number of H-pyrrole nitrogens is 2. The number of aromatic nitrogens is 5. The Morgan fingerprint density at radius 1 is 0.919 bits per heavy atom. The minimum atomic E-state index is 0.624. The van der Waals surface area contributed by atoms with E-state index in [4.69, 9.17) is 20.9 Å². The van der Waals surface area contributed by atoms with Crippen LogP contribution < -0.4 is 16.0 Å². The molecule has 5 rings (SSSR count). The van der Waals surface area contributed by atoms with E-state index < -0.39 is 0 Å². The lowest BCUT2D eigenvalue weighted by Gasteiger charge is -2.11. The highest BCUT2D eigenvalue weighted by Gasteiger charge is 2.09. The van der Waals surface area contributed by atoms with Gasteiger partial charge in [0.25, 0.3) is 0 Å². The summed E-state index contributed by atoms with van der Waals surface area (Å²) in [6.45, 7) is 3.71. The lowest BCUT2D eigenvalue weighted by atomic mass is 10.1. The first-order valence-electron chi connectivity index (χ1n) is 12.2. The maximum absolute atomic E-state index is 6.28. The third-order valence-electron chi connectivity index (χ3n) is 5.85. The van der Waals surface area contributed by atoms with E-state index in [1.165, 1.54) is 0 Å². The molecule has 0 atom stereocenters. The molecule has 5 aromatic rings. The van der Waals surface area contributed by atoms with Gasteiger partial charge in [-0.3, -0.25) is 10.2 Å². The van der Waals surface area contributed by atoms with Crippen molar-refractivity contribution in [2.75, 3.05) is 36.9 Å². The van der Waals surface area contributed by atoms with Crippen LogP contribution in [0.2, 0.25) is 5.02 Å². The summed E-state index contributed by atoms with van der Waals surface area (Å²) in [5.74, 6) is 0. The Morgan fingerprint density at radius 3 is 2.76 bits per heavy atom. The van der Waals surface area contributed by atoms with Gasteiger partial charge in [-0.2, -0.15) is 10.2 Å². The molecular formula is C26H29ClN8O2. The normalized spacial score (nSPS) is 11.3. The predicted molar refractivity (Wildman–Crippen MR) is 145 cm³/mol. The van der Waals surface area contributed by atoms with Crippen molar-refractivity contribution in [3.8, 4) is 11.1 Å². The second-order valence-electron chi connectivity index (χ2n) is 8.65. The largest absolute Gasteiger partial charge is 0.382 e. The summed E-state index contributed by atoms with van der Waals surface area (Å²) in [4.78, 5) is 0. The molecule has 0 spiro atoms. The molecule has 2 aromatic carbocycles. The van der Waals surface area contributed by atoms with Gasteiger partial charge in [0.15, 0.2) is 0 Å². The van der Waals surface area contributed by atoms with Crippen LogP contribution >= 0.6 is 11.6 Å². The van der Waals surface area contributed by atoms with Crippen LogP contribution in [0.5, 0.6) is 0 Å². The molecule has 0 radical (unpaired) electrons. The van der Waals surface area contributed by atoms with Gasteiger partial charge in [-0.25, -0.2) is 0 Å². The van der Waals surface area contributed by atoms with E-state index in [1.54, 1.807) is 24.9 Å². The van der Waals surface area contributed by atoms with Crippen molar-refractivity contribution in [3.63, 3.8) is 0 Å². The van der Waals surface area contributed by atoms with E-state index in [-0.39, 0.29) is 0 Å². The van der Waals surface area contributed by atoms with Crippen molar-refractivity contribution < 1.29 is 9.26 Å². The molecule has 0 aliphatic heterocycles. The molecule has 3 aromatic heterocycles. The van der Waals surface area contributed by atoms with Crippen molar-refractivity contribution in [1.29, 1.82) is 0 Å². The molecule has 0 fully saturated rings. The summed E-state index contributed by atoms with van der Waals surface area (Å²) in [7, 11) is 0. The number of rotatable bonds is 14. The molecule has 5 N–H and O–H groups in total. The van der Waals surface area contributed by atoms with Crippen LogP contribution in [0.3, 0.4) is 0 Å². The zero-order valence-corrected chi connectivity index (χ0v) is 21.0. The first kappa shape index (κ1) is 24.8. The van der Waals surface area contributed by atoms with Gasteiger partial charge in [-0.05, 0) is 60.8 Å². The second-order valence-corrected chi connectivity index (χ2v) is 9.09. The third kappa shape index (κ3) is 6.88. The SMILES string of the molecule is Clc1cc(CNCCCCOCCNc2cc(-c3cnoc3)cc3[nH]ncc23)cc(Nc2cn[nH]c2)c1. The fraction of sp³-hybridized carbons (Fsp3) is 0.269. The predicted octanol–water partition coefficient (Wildman–Crippen LogP) is 5.34. The Morgan fingerprint density at radius 2 is 1.89 bits per heavy atom. The Balaban J connectivity index is 0.976. The summed E-state index contributed by atoms with van der Waals surface area (Å²) in [5.41, 5.74) is 6.85. The number of nitrogens with zero attached hydrogens (tertiary/aromatic N) is 3. The highest BCUT2D eigenvalue weighted by molar-refractivity contribution is 6.31. The van der Waals surface area contributed by atoms with Gasteiger partial charge in [0.1, 0.15) is 6.26 Å². The zero-order valence-electron chi connectivity index (χ0n) is 20.3. The number of halogens is 1. The van der Waals surface area contributed by atoms with Gasteiger partial charge in [0.2, 0.25) is 0 Å². The molecule has 0 unspecified atom stereocenters. The average Bonchev–Trinajstić information content (AvgIpc) is 3.67. The smallest absolute Gasteiger partial charge is 0.131 e. The number of unbranched alkanes of at least 4 members (excludes halogenated alkanes) is 1. The van der Waals surface area contributed by atoms with Gasteiger partial charge >= 0.3 is 0 Å². The number of hydrogen-bond donors (Lipinski definition) is 5. The van der Waals surface area contributed by atoms with Crippen molar-refractivity contribution >= 4 is 39.6 Å². The van der Waals surface area contributed by atoms with Gasteiger partial charge in [-0.1, -0.05) is 16.8 Å². The van der Waals surface area contributed by atoms with Crippen LogP contribution in [0, 0.1) is 0 Å². The maximum atomic E-state index is 6.28. The van der Waals surface area contributed by atoms with E-state index in [1.807, 2.05) is 24.4 Å². The quantitative estimate of drug-likeness (QED) is 0.124. The number of nitrogens with one attached hydrogen (secondary N) is 5. The summed E-state index contributed by atoms with van der Waals surface area (Å²) >= 11 is 6.28. The van der Waals surface area contributed by atoms with Crippen LogP contribution in [0.1, 0.15) is 18.4 Å². The maximum Gasteiger partial charge on any atom is 0.131 e. The topological polar surface area (TPSA) is 129 Å². The van der Waals surface area contributed by atoms with E-state index in [9.17, 15) is 0 Å². The molecule has 0 aliphatic rings. The first-order valence-corrected chi connectivity index (χ1v) is 12.6. The molecule has 0 bridgehead atoms. The highest BCUT2D eigenvalue weighted by Crippen LogP contribution is 2.29. The Bertz CT molecular complexity index is 1390. The summed E-state index contributed by atoms with van der Waals surface area (Å²) in [6.07, 6.45) is 10.7. The summed E-state index contributed by atoms with van der Waals surface area (Å²) in [5, 5.41) is 29.7. The van der Waals surface area contributed by atoms with E-state index >= 15 is 0 Å². The highest BCUT2D eigenvalue weighted by atomic mass is 35.5. The third-order valence-corrected chi connectivity index (χ3v) is 6.07. The molecule has 192 valence electrons. The lowest BCUT2D eigenvalue weighted by Crippen LogP contribution is -2.16. The zero-order chi connectivity index (χ0) is 25.3. The lowest BCUT2D eigenvalue weighted by molar-refractivity contribution is 0.140.